The summed E-state index contributed by atoms with van der Waals surface area (Å²) >= 11 is 1.82. The molecule has 0 saturated heterocycles. The molecule has 0 fully saturated rings. The molecule has 0 saturated carbocycles. The zero-order chi connectivity index (χ0) is 6.69. The van der Waals surface area contributed by atoms with Crippen LogP contribution in [0.15, 0.2) is 4.99 Å². The van der Waals surface area contributed by atoms with Crippen LogP contribution in [0.5, 0.6) is 0 Å². The van der Waals surface area contributed by atoms with E-state index in [-0.39, 0.29) is 0 Å². The Kier molecular flexibility index (Phi) is 2.54. The molecule has 1 atom stereocenters. The molecule has 0 amide bonds. The van der Waals surface area contributed by atoms with E-state index in [0.717, 1.165) is 12.4 Å². The van der Waals surface area contributed by atoms with Crippen LogP contribution in [0.1, 0.15) is 6.92 Å². The molecule has 0 N–H and O–H groups in total. The molecule has 3 heteroatoms. The number of aliphatic imine (C=N–C) groups is 1. The average molecular weight is 145 g/mol. The number of hydrogen-bond donors (Lipinski definition) is 0. The minimum Gasteiger partial charge on any atom is -0.382 e. The lowest BCUT2D eigenvalue weighted by Gasteiger charge is -2.00. The zero-order valence-corrected chi connectivity index (χ0v) is 6.57. The standard InChI is InChI=1S/C6H11NOS/c1-5-7-6(3-8-2)4-9-5/h6H,3-4H2,1-2H3/t6-/m1/s1. The van der Waals surface area contributed by atoms with Gasteiger partial charge in [0.25, 0.3) is 0 Å². The Morgan fingerprint density at radius 2 is 2.67 bits per heavy atom. The summed E-state index contributed by atoms with van der Waals surface area (Å²) in [4.78, 5) is 4.33. The maximum Gasteiger partial charge on any atom is 0.0836 e. The van der Waals surface area contributed by atoms with E-state index in [9.17, 15) is 0 Å². The lowest BCUT2D eigenvalue weighted by molar-refractivity contribution is 0.187. The lowest BCUT2D eigenvalue weighted by Crippen LogP contribution is -2.10. The molecule has 1 aliphatic rings. The first-order valence-electron chi connectivity index (χ1n) is 2.99. The van der Waals surface area contributed by atoms with Crippen molar-refractivity contribution in [1.82, 2.24) is 0 Å². The maximum atomic E-state index is 4.95. The molecule has 1 heterocycles. The molecule has 2 nitrogen and oxygen atoms in total. The van der Waals surface area contributed by atoms with Gasteiger partial charge in [0.05, 0.1) is 17.7 Å². The Bertz CT molecular complexity index is 124. The first-order chi connectivity index (χ1) is 4.33. The zero-order valence-electron chi connectivity index (χ0n) is 5.76. The number of hydrogen-bond acceptors (Lipinski definition) is 3. The van der Waals surface area contributed by atoms with Gasteiger partial charge in [-0.1, -0.05) is 0 Å². The van der Waals surface area contributed by atoms with Gasteiger partial charge in [0.15, 0.2) is 0 Å². The largest absolute Gasteiger partial charge is 0.382 e. The van der Waals surface area contributed by atoms with E-state index in [1.54, 1.807) is 7.11 Å². The van der Waals surface area contributed by atoms with E-state index >= 15 is 0 Å². The van der Waals surface area contributed by atoms with Crippen LogP contribution in [-0.4, -0.2) is 30.6 Å². The normalized spacial score (nSPS) is 26.4. The van der Waals surface area contributed by atoms with Crippen molar-refractivity contribution < 1.29 is 4.74 Å². The molecule has 0 aromatic rings. The first kappa shape index (κ1) is 7.09. The van der Waals surface area contributed by atoms with Crippen molar-refractivity contribution in [3.8, 4) is 0 Å². The van der Waals surface area contributed by atoms with Crippen LogP contribution in [0, 0.1) is 0 Å². The lowest BCUT2D eigenvalue weighted by atomic mass is 10.4. The Balaban J connectivity index is 2.29. The Labute approximate surface area is 59.7 Å². The molecule has 52 valence electrons. The van der Waals surface area contributed by atoms with Gasteiger partial charge in [-0.15, -0.1) is 11.8 Å². The predicted molar refractivity (Wildman–Crippen MR) is 41.2 cm³/mol. The topological polar surface area (TPSA) is 21.6 Å². The minimum atomic E-state index is 0.417. The van der Waals surface area contributed by atoms with E-state index in [1.165, 1.54) is 5.04 Å². The Morgan fingerprint density at radius 3 is 3.11 bits per heavy atom. The second kappa shape index (κ2) is 3.22. The maximum absolute atomic E-state index is 4.95. The minimum absolute atomic E-state index is 0.417. The van der Waals surface area contributed by atoms with E-state index < -0.39 is 0 Å². The van der Waals surface area contributed by atoms with Gasteiger partial charge in [0.2, 0.25) is 0 Å². The number of nitrogens with zero attached hydrogens (tertiary/aromatic N) is 1. The molecule has 1 rings (SSSR count). The van der Waals surface area contributed by atoms with Crippen molar-refractivity contribution >= 4 is 16.8 Å². The molecular formula is C6H11NOS. The van der Waals surface area contributed by atoms with E-state index in [0.29, 0.717) is 6.04 Å². The van der Waals surface area contributed by atoms with Crippen molar-refractivity contribution in [2.24, 2.45) is 4.99 Å². The monoisotopic (exact) mass is 145 g/mol. The molecular weight excluding hydrogens is 134 g/mol. The van der Waals surface area contributed by atoms with Gasteiger partial charge in [-0.2, -0.15) is 0 Å². The van der Waals surface area contributed by atoms with Gasteiger partial charge in [-0.05, 0) is 6.92 Å². The van der Waals surface area contributed by atoms with Crippen molar-refractivity contribution in [3.05, 3.63) is 0 Å². The summed E-state index contributed by atoms with van der Waals surface area (Å²) in [5.41, 5.74) is 0. The van der Waals surface area contributed by atoms with Gasteiger partial charge >= 0.3 is 0 Å². The molecule has 0 bridgehead atoms. The van der Waals surface area contributed by atoms with Crippen LogP contribution < -0.4 is 0 Å². The fraction of sp³-hybridized carbons (Fsp3) is 0.833. The number of rotatable bonds is 2. The van der Waals surface area contributed by atoms with Gasteiger partial charge in [-0.25, -0.2) is 0 Å². The summed E-state index contributed by atoms with van der Waals surface area (Å²) in [7, 11) is 1.72. The first-order valence-corrected chi connectivity index (χ1v) is 3.97. The molecule has 0 aromatic carbocycles. The third-order valence-electron chi connectivity index (χ3n) is 1.21. The molecule has 1 aliphatic heterocycles. The van der Waals surface area contributed by atoms with Crippen molar-refractivity contribution in [2.75, 3.05) is 19.5 Å². The Morgan fingerprint density at radius 1 is 1.89 bits per heavy atom. The van der Waals surface area contributed by atoms with E-state index in [4.69, 9.17) is 4.74 Å². The molecule has 0 unspecified atom stereocenters. The predicted octanol–water partition coefficient (Wildman–Crippen LogP) is 1.17. The summed E-state index contributed by atoms with van der Waals surface area (Å²) in [6.45, 7) is 2.81. The highest BCUT2D eigenvalue weighted by molar-refractivity contribution is 8.14. The fourth-order valence-corrected chi connectivity index (χ4v) is 1.65. The summed E-state index contributed by atoms with van der Waals surface area (Å²) in [6, 6.07) is 0.417. The number of ether oxygens (including phenoxy) is 1. The highest BCUT2D eigenvalue weighted by Crippen LogP contribution is 2.16. The quantitative estimate of drug-likeness (QED) is 0.581. The van der Waals surface area contributed by atoms with E-state index in [2.05, 4.69) is 4.99 Å². The van der Waals surface area contributed by atoms with Crippen LogP contribution in [0.25, 0.3) is 0 Å². The number of thioether (sulfide) groups is 1. The summed E-state index contributed by atoms with van der Waals surface area (Å²) in [5, 5.41) is 1.19. The van der Waals surface area contributed by atoms with Crippen molar-refractivity contribution in [2.45, 2.75) is 13.0 Å². The van der Waals surface area contributed by atoms with Gasteiger partial charge in [-0.3, -0.25) is 4.99 Å². The third-order valence-corrected chi connectivity index (χ3v) is 2.28. The SMILES string of the molecule is COC[C@@H]1CSC(C)=N1. The van der Waals surface area contributed by atoms with Crippen LogP contribution in [0.4, 0.5) is 0 Å². The molecule has 0 aliphatic carbocycles. The van der Waals surface area contributed by atoms with Crippen molar-refractivity contribution in [1.29, 1.82) is 0 Å². The van der Waals surface area contributed by atoms with Crippen molar-refractivity contribution in [3.63, 3.8) is 0 Å². The summed E-state index contributed by atoms with van der Waals surface area (Å²) in [5.74, 6) is 1.10. The van der Waals surface area contributed by atoms with Crippen LogP contribution >= 0.6 is 11.8 Å². The Hall–Kier alpha value is -0.0200. The van der Waals surface area contributed by atoms with Crippen LogP contribution in [0.3, 0.4) is 0 Å². The third kappa shape index (κ3) is 1.99. The molecule has 9 heavy (non-hydrogen) atoms. The second-order valence-corrected chi connectivity index (χ2v) is 3.28. The molecule has 0 aromatic heterocycles. The fourth-order valence-electron chi connectivity index (χ4n) is 0.826. The van der Waals surface area contributed by atoms with Gasteiger partial charge < -0.3 is 4.74 Å². The number of methoxy groups -OCH3 is 1. The summed E-state index contributed by atoms with van der Waals surface area (Å²) < 4.78 is 4.95. The van der Waals surface area contributed by atoms with Crippen LogP contribution in [0.2, 0.25) is 0 Å². The highest BCUT2D eigenvalue weighted by atomic mass is 32.2. The van der Waals surface area contributed by atoms with Gasteiger partial charge in [0.1, 0.15) is 0 Å². The average Bonchev–Trinajstić information content (AvgIpc) is 2.17. The summed E-state index contributed by atoms with van der Waals surface area (Å²) in [6.07, 6.45) is 0. The molecule has 0 radical (unpaired) electrons. The van der Waals surface area contributed by atoms with E-state index in [1.807, 2.05) is 18.7 Å². The van der Waals surface area contributed by atoms with Crippen LogP contribution in [-0.2, 0) is 4.74 Å². The second-order valence-electron chi connectivity index (χ2n) is 2.07. The molecule has 0 spiro atoms. The smallest absolute Gasteiger partial charge is 0.0836 e. The highest BCUT2D eigenvalue weighted by Gasteiger charge is 2.13. The van der Waals surface area contributed by atoms with Gasteiger partial charge in [0, 0.05) is 12.9 Å².